The van der Waals surface area contributed by atoms with E-state index in [1.54, 1.807) is 37.3 Å². The summed E-state index contributed by atoms with van der Waals surface area (Å²) in [7, 11) is 0. The van der Waals surface area contributed by atoms with Crippen molar-refractivity contribution in [3.63, 3.8) is 0 Å². The van der Waals surface area contributed by atoms with Gasteiger partial charge in [-0.3, -0.25) is 4.79 Å². The quantitative estimate of drug-likeness (QED) is 0.761. The van der Waals surface area contributed by atoms with Gasteiger partial charge in [0.15, 0.2) is 5.82 Å². The van der Waals surface area contributed by atoms with Crippen LogP contribution in [0.2, 0.25) is 0 Å². The van der Waals surface area contributed by atoms with Crippen molar-refractivity contribution in [1.82, 2.24) is 9.97 Å². The van der Waals surface area contributed by atoms with Gasteiger partial charge in [-0.05, 0) is 50.1 Å². The first-order chi connectivity index (χ1) is 13.0. The van der Waals surface area contributed by atoms with Gasteiger partial charge in [0, 0.05) is 24.4 Å². The molecule has 1 atom stereocenters. The van der Waals surface area contributed by atoms with Crippen LogP contribution >= 0.6 is 0 Å². The van der Waals surface area contributed by atoms with E-state index in [0.29, 0.717) is 34.7 Å². The Morgan fingerprint density at radius 2 is 2.04 bits per heavy atom. The SMILES string of the molecule is CC(=O)C1CCCN(c2nc(-c3ccccc3O)nc3ccc(F)cc23)C1. The molecule has 4 rings (SSSR count). The van der Waals surface area contributed by atoms with Gasteiger partial charge in [0.25, 0.3) is 0 Å². The lowest BCUT2D eigenvalue weighted by atomic mass is 9.94. The number of para-hydroxylation sites is 1. The summed E-state index contributed by atoms with van der Waals surface area (Å²) in [6.45, 7) is 2.91. The minimum atomic E-state index is -0.359. The largest absolute Gasteiger partial charge is 0.507 e. The van der Waals surface area contributed by atoms with Crippen LogP contribution < -0.4 is 4.90 Å². The number of fused-ring (bicyclic) bond motifs is 1. The van der Waals surface area contributed by atoms with E-state index in [4.69, 9.17) is 0 Å². The number of aromatic hydroxyl groups is 1. The third-order valence-corrected chi connectivity index (χ3v) is 5.08. The standard InChI is InChI=1S/C21H20FN3O2/c1-13(26)14-5-4-10-25(12-14)21-17-11-15(22)8-9-18(17)23-20(24-21)16-6-2-3-7-19(16)27/h2-3,6-9,11,14,27H,4-5,10,12H2,1H3. The van der Waals surface area contributed by atoms with Gasteiger partial charge in [0.2, 0.25) is 0 Å². The summed E-state index contributed by atoms with van der Waals surface area (Å²) >= 11 is 0. The van der Waals surface area contributed by atoms with Gasteiger partial charge in [-0.25, -0.2) is 14.4 Å². The topological polar surface area (TPSA) is 66.3 Å². The zero-order valence-corrected chi connectivity index (χ0v) is 15.0. The van der Waals surface area contributed by atoms with Crippen LogP contribution in [0.3, 0.4) is 0 Å². The number of nitrogens with zero attached hydrogens (tertiary/aromatic N) is 3. The first-order valence-corrected chi connectivity index (χ1v) is 9.04. The van der Waals surface area contributed by atoms with Crippen molar-refractivity contribution in [2.75, 3.05) is 18.0 Å². The van der Waals surface area contributed by atoms with Gasteiger partial charge < -0.3 is 10.0 Å². The molecular weight excluding hydrogens is 345 g/mol. The van der Waals surface area contributed by atoms with Crippen LogP contribution in [-0.4, -0.2) is 33.9 Å². The first kappa shape index (κ1) is 17.4. The van der Waals surface area contributed by atoms with Gasteiger partial charge in [0.1, 0.15) is 23.2 Å². The average Bonchev–Trinajstić information content (AvgIpc) is 2.67. The number of hydrogen-bond acceptors (Lipinski definition) is 5. The molecule has 5 nitrogen and oxygen atoms in total. The number of hydrogen-bond donors (Lipinski definition) is 1. The van der Waals surface area contributed by atoms with E-state index in [1.165, 1.54) is 12.1 Å². The molecule has 0 saturated carbocycles. The summed E-state index contributed by atoms with van der Waals surface area (Å²) in [5.41, 5.74) is 1.12. The van der Waals surface area contributed by atoms with Crippen molar-refractivity contribution < 1.29 is 14.3 Å². The lowest BCUT2D eigenvalue weighted by molar-refractivity contribution is -0.120. The molecule has 1 unspecified atom stereocenters. The second-order valence-corrected chi connectivity index (χ2v) is 6.95. The molecule has 6 heteroatoms. The maximum Gasteiger partial charge on any atom is 0.165 e. The van der Waals surface area contributed by atoms with Crippen LogP contribution in [0.25, 0.3) is 22.3 Å². The lowest BCUT2D eigenvalue weighted by Crippen LogP contribution is -2.38. The van der Waals surface area contributed by atoms with E-state index in [-0.39, 0.29) is 23.3 Å². The monoisotopic (exact) mass is 365 g/mol. The number of rotatable bonds is 3. The summed E-state index contributed by atoms with van der Waals surface area (Å²) in [5, 5.41) is 10.8. The van der Waals surface area contributed by atoms with Crippen molar-refractivity contribution in [3.05, 3.63) is 48.3 Å². The molecule has 1 saturated heterocycles. The van der Waals surface area contributed by atoms with Crippen LogP contribution in [0.4, 0.5) is 10.2 Å². The highest BCUT2D eigenvalue weighted by Crippen LogP contribution is 2.33. The molecule has 1 aliphatic rings. The second-order valence-electron chi connectivity index (χ2n) is 6.95. The highest BCUT2D eigenvalue weighted by molar-refractivity contribution is 5.92. The number of ketones is 1. The molecule has 0 amide bonds. The van der Waals surface area contributed by atoms with Gasteiger partial charge in [-0.15, -0.1) is 0 Å². The number of Topliss-reactive ketones (excluding diaryl/α,β-unsaturated/α-hetero) is 1. The Hall–Kier alpha value is -3.02. The van der Waals surface area contributed by atoms with Crippen LogP contribution in [0.15, 0.2) is 42.5 Å². The molecule has 1 aliphatic heterocycles. The Labute approximate surface area is 156 Å². The number of aromatic nitrogens is 2. The fraction of sp³-hybridized carbons (Fsp3) is 0.286. The Morgan fingerprint density at radius 1 is 1.22 bits per heavy atom. The average molecular weight is 365 g/mol. The van der Waals surface area contributed by atoms with E-state index < -0.39 is 0 Å². The van der Waals surface area contributed by atoms with Crippen LogP contribution in [0.1, 0.15) is 19.8 Å². The molecule has 3 aromatic rings. The van der Waals surface area contributed by atoms with E-state index in [2.05, 4.69) is 9.97 Å². The van der Waals surface area contributed by atoms with Crippen LogP contribution in [0, 0.1) is 11.7 Å². The number of halogens is 1. The predicted molar refractivity (Wildman–Crippen MR) is 102 cm³/mol. The highest BCUT2D eigenvalue weighted by Gasteiger charge is 2.26. The molecule has 0 radical (unpaired) electrons. The van der Waals surface area contributed by atoms with Crippen molar-refractivity contribution in [2.24, 2.45) is 5.92 Å². The normalized spacial score (nSPS) is 17.3. The number of piperidine rings is 1. The fourth-order valence-corrected chi connectivity index (χ4v) is 3.61. The second kappa shape index (κ2) is 6.95. The fourth-order valence-electron chi connectivity index (χ4n) is 3.61. The number of benzene rings is 2. The third kappa shape index (κ3) is 3.35. The van der Waals surface area contributed by atoms with Crippen molar-refractivity contribution in [2.45, 2.75) is 19.8 Å². The van der Waals surface area contributed by atoms with E-state index >= 15 is 0 Å². The Balaban J connectivity index is 1.88. The van der Waals surface area contributed by atoms with Gasteiger partial charge in [-0.2, -0.15) is 0 Å². The molecule has 27 heavy (non-hydrogen) atoms. The zero-order chi connectivity index (χ0) is 19.0. The minimum absolute atomic E-state index is 0.0501. The molecule has 1 fully saturated rings. The summed E-state index contributed by atoms with van der Waals surface area (Å²) in [5.74, 6) is 0.819. The van der Waals surface area contributed by atoms with Crippen LogP contribution in [-0.2, 0) is 4.79 Å². The summed E-state index contributed by atoms with van der Waals surface area (Å²) in [4.78, 5) is 23.1. The van der Waals surface area contributed by atoms with Gasteiger partial charge >= 0.3 is 0 Å². The number of phenolic OH excluding ortho intramolecular Hbond substituents is 1. The van der Waals surface area contributed by atoms with Crippen LogP contribution in [0.5, 0.6) is 5.75 Å². The lowest BCUT2D eigenvalue weighted by Gasteiger charge is -2.33. The molecule has 0 aliphatic carbocycles. The minimum Gasteiger partial charge on any atom is -0.507 e. The number of phenols is 1. The summed E-state index contributed by atoms with van der Waals surface area (Å²) in [6.07, 6.45) is 1.73. The van der Waals surface area contributed by atoms with Gasteiger partial charge in [0.05, 0.1) is 11.1 Å². The number of anilines is 1. The first-order valence-electron chi connectivity index (χ1n) is 9.04. The van der Waals surface area contributed by atoms with E-state index in [1.807, 2.05) is 4.90 Å². The predicted octanol–water partition coefficient (Wildman–Crippen LogP) is 3.95. The Morgan fingerprint density at radius 3 is 2.81 bits per heavy atom. The molecule has 1 N–H and O–H groups in total. The van der Waals surface area contributed by atoms with Gasteiger partial charge in [-0.1, -0.05) is 12.1 Å². The van der Waals surface area contributed by atoms with Crippen molar-refractivity contribution in [3.8, 4) is 17.1 Å². The maximum absolute atomic E-state index is 13.9. The van der Waals surface area contributed by atoms with Crippen molar-refractivity contribution in [1.29, 1.82) is 0 Å². The molecule has 138 valence electrons. The third-order valence-electron chi connectivity index (χ3n) is 5.08. The number of carbonyl (C=O) groups is 1. The number of carbonyl (C=O) groups excluding carboxylic acids is 1. The van der Waals surface area contributed by atoms with E-state index in [9.17, 15) is 14.3 Å². The summed E-state index contributed by atoms with van der Waals surface area (Å²) < 4.78 is 13.9. The zero-order valence-electron chi connectivity index (χ0n) is 15.0. The Kier molecular flexibility index (Phi) is 4.48. The Bertz CT molecular complexity index is 1020. The summed E-state index contributed by atoms with van der Waals surface area (Å²) in [6, 6.07) is 11.3. The molecule has 0 bridgehead atoms. The molecule has 2 heterocycles. The van der Waals surface area contributed by atoms with E-state index in [0.717, 1.165) is 19.4 Å². The molecule has 1 aromatic heterocycles. The molecular formula is C21H20FN3O2. The molecule has 2 aromatic carbocycles. The molecule has 0 spiro atoms. The maximum atomic E-state index is 13.9. The smallest absolute Gasteiger partial charge is 0.165 e. The highest BCUT2D eigenvalue weighted by atomic mass is 19.1. The van der Waals surface area contributed by atoms with Crippen molar-refractivity contribution >= 4 is 22.5 Å².